The Balaban J connectivity index is 0.000000321. The van der Waals surface area contributed by atoms with Gasteiger partial charge in [-0.2, -0.15) is 17.2 Å². The average Bonchev–Trinajstić information content (AvgIpc) is 3.62. The maximum atomic E-state index is 14.1. The van der Waals surface area contributed by atoms with Gasteiger partial charge in [-0.25, -0.2) is 41.4 Å². The van der Waals surface area contributed by atoms with Crippen molar-refractivity contribution in [2.45, 2.75) is 63.6 Å². The molecule has 2 aromatic rings. The van der Waals surface area contributed by atoms with Gasteiger partial charge in [0.05, 0.1) is 25.4 Å². The Labute approximate surface area is 330 Å². The smallest absolute Gasteiger partial charge is 0.352 e. The minimum atomic E-state index is -5.70. The second-order valence-electron chi connectivity index (χ2n) is 11.7. The minimum absolute atomic E-state index is 0.111. The number of aromatic nitrogens is 4. The summed E-state index contributed by atoms with van der Waals surface area (Å²) >= 11 is 0. The maximum absolute atomic E-state index is 14.1. The third-order valence-corrected chi connectivity index (χ3v) is 14.7. The number of azide groups is 1. The fourth-order valence-electron chi connectivity index (χ4n) is 4.78. The van der Waals surface area contributed by atoms with Gasteiger partial charge in [-0.3, -0.25) is 37.7 Å². The molecule has 10 atom stereocenters. The van der Waals surface area contributed by atoms with Crippen LogP contribution < -0.4 is 22.5 Å². The fourth-order valence-corrected chi connectivity index (χ4v) is 10.8. The molecule has 0 saturated carbocycles. The van der Waals surface area contributed by atoms with Crippen LogP contribution in [0.25, 0.3) is 10.4 Å². The zero-order chi connectivity index (χ0) is 45.8. The molecule has 0 aromatic carbocycles. The summed E-state index contributed by atoms with van der Waals surface area (Å²) in [4.78, 5) is 124. The van der Waals surface area contributed by atoms with Crippen molar-refractivity contribution >= 4 is 46.9 Å². The summed E-state index contributed by atoms with van der Waals surface area (Å²) in [7, 11) is -33.4. The fraction of sp³-hybridized carbons (Fsp3) is 0.600. The maximum Gasteiger partial charge on any atom is 0.490 e. The van der Waals surface area contributed by atoms with Gasteiger partial charge in [-0.1, -0.05) is 5.11 Å². The Morgan fingerprint density at radius 2 is 1.08 bits per heavy atom. The van der Waals surface area contributed by atoms with Crippen molar-refractivity contribution < 1.29 is 107 Å². The van der Waals surface area contributed by atoms with Gasteiger partial charge in [0, 0.05) is 41.3 Å². The summed E-state index contributed by atoms with van der Waals surface area (Å²) in [5.41, 5.74) is 5.99. The first-order valence-electron chi connectivity index (χ1n) is 15.4. The highest BCUT2D eigenvalue weighted by Crippen LogP contribution is 2.67. The molecule has 4 unspecified atom stereocenters. The van der Waals surface area contributed by atoms with Crippen LogP contribution in [0.5, 0.6) is 0 Å². The molecule has 2 aromatic heterocycles. The number of nitrogens with zero attached hydrogens (tertiary/aromatic N) is 5. The third kappa shape index (κ3) is 16.2. The van der Waals surface area contributed by atoms with Gasteiger partial charge in [0.1, 0.15) is 24.7 Å². The van der Waals surface area contributed by atoms with Crippen LogP contribution >= 0.6 is 46.9 Å². The molecule has 0 amide bonds. The molecule has 0 radical (unpaired) electrons. The lowest BCUT2D eigenvalue weighted by atomic mass is 10.1. The van der Waals surface area contributed by atoms with E-state index >= 15 is 0 Å². The van der Waals surface area contributed by atoms with Crippen molar-refractivity contribution in [2.75, 3.05) is 13.2 Å². The number of ether oxygens (including phenoxy) is 2. The molecule has 40 heteroatoms. The number of halogens is 1. The van der Waals surface area contributed by atoms with E-state index < -0.39 is 126 Å². The summed E-state index contributed by atoms with van der Waals surface area (Å²) < 4.78 is 117. The molecular formula is C20H32FN7O26P6. The van der Waals surface area contributed by atoms with Crippen molar-refractivity contribution in [1.29, 1.82) is 0 Å². The molecule has 0 aliphatic carbocycles. The number of aryl methyl sites for hydroxylation is 2. The van der Waals surface area contributed by atoms with E-state index in [0.29, 0.717) is 0 Å². The van der Waals surface area contributed by atoms with Crippen molar-refractivity contribution in [3.63, 3.8) is 0 Å². The highest BCUT2D eigenvalue weighted by atomic mass is 31.3. The number of hydrogen-bond acceptors (Lipinski definition) is 19. The van der Waals surface area contributed by atoms with Crippen molar-refractivity contribution in [1.82, 2.24) is 19.1 Å². The van der Waals surface area contributed by atoms with Gasteiger partial charge in [-0.05, 0) is 19.4 Å². The van der Waals surface area contributed by atoms with E-state index in [1.807, 2.05) is 9.97 Å². The first-order valence-corrected chi connectivity index (χ1v) is 24.5. The van der Waals surface area contributed by atoms with Crippen molar-refractivity contribution in [2.24, 2.45) is 5.11 Å². The van der Waals surface area contributed by atoms with Gasteiger partial charge >= 0.3 is 58.3 Å². The molecule has 2 aliphatic heterocycles. The summed E-state index contributed by atoms with van der Waals surface area (Å²) in [6.45, 7) is 0.935. The summed E-state index contributed by atoms with van der Waals surface area (Å²) in [5.74, 6) is 0. The highest BCUT2D eigenvalue weighted by Gasteiger charge is 2.45. The molecule has 0 spiro atoms. The molecule has 4 heterocycles. The number of H-pyrrole nitrogens is 2. The van der Waals surface area contributed by atoms with Crippen LogP contribution in [0.3, 0.4) is 0 Å². The molecular weight excluding hydrogens is 959 g/mol. The first kappa shape index (κ1) is 51.7. The minimum Gasteiger partial charge on any atom is -0.352 e. The number of alkyl halides is 1. The number of phosphoric acid groups is 6. The number of hydrogen-bond donors (Lipinski definition) is 10. The normalized spacial score (nSPS) is 26.1. The van der Waals surface area contributed by atoms with E-state index in [1.54, 1.807) is 0 Å². The topological polar surface area (TPSA) is 497 Å². The lowest BCUT2D eigenvalue weighted by molar-refractivity contribution is -0.0350. The Bertz CT molecular complexity index is 2490. The van der Waals surface area contributed by atoms with Crippen LogP contribution in [0.1, 0.15) is 36.4 Å². The zero-order valence-electron chi connectivity index (χ0n) is 29.7. The zero-order valence-corrected chi connectivity index (χ0v) is 35.0. The van der Waals surface area contributed by atoms with E-state index in [2.05, 4.69) is 36.3 Å². The standard InChI is InChI=1S/C10H16FN2O13P3.C10H16N5O13P3/c1-5-3-13(10(15)12-9(5)14)8-2-6(11)7(24-8)4-23-28(19,20)26-29(21,22)25-27(16,17)18;1-5-3-15(10(17)12-9(5)16)8-2-6(13-14-11)7(26-8)4-25-30(21,22)28-31(23,24)27-29(18,19)20/h3,6-8H,2,4H2,1H3,(H,19,20)(H,21,22)(H,12,14,15)(H2,16,17,18);3,6-8H,2,4H2,1H3,(H,21,22)(H,23,24)(H,12,16,17)(H2,18,19,20)/t2*6-,7+,8+/m00/s1. The van der Waals surface area contributed by atoms with Crippen LogP contribution in [0.15, 0.2) is 36.7 Å². The molecule has 4 rings (SSSR count). The molecule has 33 nitrogen and oxygen atoms in total. The van der Waals surface area contributed by atoms with E-state index in [9.17, 15) is 60.7 Å². The van der Waals surface area contributed by atoms with E-state index in [4.69, 9.17) is 44.4 Å². The second kappa shape index (κ2) is 19.8. The number of nitrogens with one attached hydrogen (secondary N) is 2. The van der Waals surface area contributed by atoms with Gasteiger partial charge in [-0.15, -0.1) is 0 Å². The predicted molar refractivity (Wildman–Crippen MR) is 187 cm³/mol. The van der Waals surface area contributed by atoms with Crippen molar-refractivity contribution in [3.05, 3.63) is 75.6 Å². The van der Waals surface area contributed by atoms with Crippen LogP contribution in [0.2, 0.25) is 0 Å². The van der Waals surface area contributed by atoms with E-state index in [0.717, 1.165) is 15.3 Å². The Morgan fingerprint density at radius 1 is 0.700 bits per heavy atom. The van der Waals surface area contributed by atoms with Crippen LogP contribution in [-0.4, -0.2) is 95.9 Å². The largest absolute Gasteiger partial charge is 0.490 e. The van der Waals surface area contributed by atoms with Crippen molar-refractivity contribution in [3.8, 4) is 0 Å². The van der Waals surface area contributed by atoms with Crippen LogP contribution in [0.4, 0.5) is 4.39 Å². The monoisotopic (exact) mass is 991 g/mol. The second-order valence-corrected chi connectivity index (χ2v) is 20.6. The van der Waals surface area contributed by atoms with E-state index in [1.165, 1.54) is 20.0 Å². The Morgan fingerprint density at radius 3 is 1.48 bits per heavy atom. The van der Waals surface area contributed by atoms with Gasteiger partial charge < -0.3 is 48.6 Å². The molecule has 60 heavy (non-hydrogen) atoms. The molecule has 2 aliphatic rings. The van der Waals surface area contributed by atoms with Crippen LogP contribution in [-0.2, 0) is 63.2 Å². The molecule has 10 N–H and O–H groups in total. The quantitative estimate of drug-likeness (QED) is 0.0430. The average molecular weight is 991 g/mol. The number of phosphoric ester groups is 2. The van der Waals surface area contributed by atoms with Gasteiger partial charge in [0.15, 0.2) is 0 Å². The Hall–Kier alpha value is -2.66. The first-order chi connectivity index (χ1) is 27.2. The molecule has 2 fully saturated rings. The summed E-state index contributed by atoms with van der Waals surface area (Å²) in [6.07, 6.45) is -5.06. The number of rotatable bonds is 17. The highest BCUT2D eigenvalue weighted by molar-refractivity contribution is 7.67. The third-order valence-electron chi connectivity index (χ3n) is 7.11. The summed E-state index contributed by atoms with van der Waals surface area (Å²) in [6, 6.07) is -1.04. The lowest BCUT2D eigenvalue weighted by Gasteiger charge is -2.19. The van der Waals surface area contributed by atoms with Gasteiger partial charge in [0.25, 0.3) is 11.1 Å². The number of aromatic amines is 2. The van der Waals surface area contributed by atoms with Crippen LogP contribution in [0, 0.1) is 13.8 Å². The molecule has 340 valence electrons. The Kier molecular flexibility index (Phi) is 17.1. The molecule has 0 bridgehead atoms. The molecule has 2 saturated heterocycles. The summed E-state index contributed by atoms with van der Waals surface area (Å²) in [5, 5.41) is 3.42. The van der Waals surface area contributed by atoms with E-state index in [-0.39, 0.29) is 17.5 Å². The SMILES string of the molecule is Cc1cn([C@H]2C[C@H](F)[C@@H](COP(=O)(O)OP(=O)(O)OP(=O)(O)O)O2)c(=O)[nH]c1=O.Cc1cn([C@H]2C[C@H](N=[N+]=[N-])[C@@H](COP(=O)(O)OP(=O)(O)OP(=O)(O)O)O2)c(=O)[nH]c1=O. The predicted octanol–water partition coefficient (Wildman–Crippen LogP) is -0.0314. The van der Waals surface area contributed by atoms with Gasteiger partial charge in [0.2, 0.25) is 0 Å². The lowest BCUT2D eigenvalue weighted by Crippen LogP contribution is -2.33.